The number of hydrogen-bond acceptors (Lipinski definition) is 6. The van der Waals surface area contributed by atoms with Gasteiger partial charge < -0.3 is 24.3 Å². The SMILES string of the molecule is COCCn1c(C)cc(C2C(c3ccccn3)NC(=S)N2c2ccc(OC)c(NS(C)(=O)=O)c2)c1C. The Kier molecular flexibility index (Phi) is 7.53. The Morgan fingerprint density at radius 1 is 1.17 bits per heavy atom. The zero-order chi connectivity index (χ0) is 26.0. The van der Waals surface area contributed by atoms with Crippen molar-refractivity contribution in [2.45, 2.75) is 32.5 Å². The highest BCUT2D eigenvalue weighted by atomic mass is 32.2. The van der Waals surface area contributed by atoms with Crippen molar-refractivity contribution >= 4 is 38.7 Å². The van der Waals surface area contributed by atoms with Crippen molar-refractivity contribution in [1.82, 2.24) is 14.9 Å². The fourth-order valence-electron chi connectivity index (χ4n) is 4.73. The number of benzene rings is 1. The van der Waals surface area contributed by atoms with Crippen LogP contribution in [0.3, 0.4) is 0 Å². The summed E-state index contributed by atoms with van der Waals surface area (Å²) in [5, 5.41) is 3.97. The number of pyridine rings is 1. The van der Waals surface area contributed by atoms with E-state index in [0.29, 0.717) is 23.2 Å². The molecule has 2 aromatic heterocycles. The zero-order valence-electron chi connectivity index (χ0n) is 21.0. The molecule has 0 spiro atoms. The normalized spacial score (nSPS) is 17.8. The number of nitrogens with zero attached hydrogens (tertiary/aromatic N) is 3. The van der Waals surface area contributed by atoms with Crippen LogP contribution in [0.1, 0.15) is 34.7 Å². The minimum absolute atomic E-state index is 0.219. The van der Waals surface area contributed by atoms with Crippen molar-refractivity contribution in [2.24, 2.45) is 0 Å². The molecule has 2 N–H and O–H groups in total. The second-order valence-corrected chi connectivity index (χ2v) is 10.9. The summed E-state index contributed by atoms with van der Waals surface area (Å²) in [6.07, 6.45) is 2.87. The number of ether oxygens (including phenoxy) is 2. The number of thiocarbonyl (C=S) groups is 1. The molecule has 0 aliphatic carbocycles. The molecule has 0 bridgehead atoms. The van der Waals surface area contributed by atoms with Gasteiger partial charge in [-0.1, -0.05) is 6.07 Å². The highest BCUT2D eigenvalue weighted by Gasteiger charge is 2.42. The van der Waals surface area contributed by atoms with Crippen molar-refractivity contribution in [3.05, 3.63) is 71.3 Å². The third-order valence-electron chi connectivity index (χ3n) is 6.31. The van der Waals surface area contributed by atoms with E-state index in [1.54, 1.807) is 25.4 Å². The Bertz CT molecular complexity index is 1360. The van der Waals surface area contributed by atoms with E-state index in [9.17, 15) is 8.42 Å². The highest BCUT2D eigenvalue weighted by molar-refractivity contribution is 7.92. The molecule has 3 heterocycles. The smallest absolute Gasteiger partial charge is 0.229 e. The molecule has 2 atom stereocenters. The first kappa shape index (κ1) is 25.9. The van der Waals surface area contributed by atoms with Gasteiger partial charge in [-0.15, -0.1) is 0 Å². The third kappa shape index (κ3) is 5.18. The average molecular weight is 530 g/mol. The topological polar surface area (TPSA) is 97.7 Å². The van der Waals surface area contributed by atoms with Gasteiger partial charge in [-0.2, -0.15) is 0 Å². The van der Waals surface area contributed by atoms with Crippen LogP contribution in [0.2, 0.25) is 0 Å². The van der Waals surface area contributed by atoms with E-state index in [-0.39, 0.29) is 12.1 Å². The Labute approximate surface area is 217 Å². The van der Waals surface area contributed by atoms with E-state index in [4.69, 9.17) is 21.7 Å². The second kappa shape index (κ2) is 10.5. The minimum atomic E-state index is -3.52. The number of anilines is 2. The zero-order valence-corrected chi connectivity index (χ0v) is 22.6. The quantitative estimate of drug-likeness (QED) is 0.405. The fourth-order valence-corrected chi connectivity index (χ4v) is 5.63. The maximum Gasteiger partial charge on any atom is 0.229 e. The largest absolute Gasteiger partial charge is 0.495 e. The Hall–Kier alpha value is -3.15. The molecule has 11 heteroatoms. The van der Waals surface area contributed by atoms with Gasteiger partial charge in [-0.3, -0.25) is 9.71 Å². The van der Waals surface area contributed by atoms with Crippen LogP contribution in [0.4, 0.5) is 11.4 Å². The molecule has 1 aliphatic rings. The molecule has 36 heavy (non-hydrogen) atoms. The minimum Gasteiger partial charge on any atom is -0.495 e. The van der Waals surface area contributed by atoms with Crippen LogP contribution in [-0.2, 0) is 21.3 Å². The summed E-state index contributed by atoms with van der Waals surface area (Å²) in [6, 6.07) is 12.9. The lowest BCUT2D eigenvalue weighted by atomic mass is 9.96. The monoisotopic (exact) mass is 529 g/mol. The van der Waals surface area contributed by atoms with Gasteiger partial charge in [0.25, 0.3) is 0 Å². The van der Waals surface area contributed by atoms with E-state index >= 15 is 0 Å². The van der Waals surface area contributed by atoms with Crippen molar-refractivity contribution in [2.75, 3.05) is 36.7 Å². The van der Waals surface area contributed by atoms with E-state index < -0.39 is 10.0 Å². The molecule has 4 rings (SSSR count). The Morgan fingerprint density at radius 2 is 1.94 bits per heavy atom. The van der Waals surface area contributed by atoms with Crippen LogP contribution in [-0.4, -0.2) is 50.2 Å². The molecule has 192 valence electrons. The maximum absolute atomic E-state index is 12.0. The lowest BCUT2D eigenvalue weighted by Crippen LogP contribution is -2.29. The van der Waals surface area contributed by atoms with Gasteiger partial charge in [0.15, 0.2) is 5.11 Å². The first-order valence-electron chi connectivity index (χ1n) is 11.5. The van der Waals surface area contributed by atoms with Crippen molar-refractivity contribution in [3.8, 4) is 5.75 Å². The lowest BCUT2D eigenvalue weighted by molar-refractivity contribution is 0.186. The first-order valence-corrected chi connectivity index (χ1v) is 13.8. The van der Waals surface area contributed by atoms with Gasteiger partial charge in [0.2, 0.25) is 10.0 Å². The predicted octanol–water partition coefficient (Wildman–Crippen LogP) is 3.70. The average Bonchev–Trinajstić information content (AvgIpc) is 3.32. The van der Waals surface area contributed by atoms with E-state index in [0.717, 1.165) is 41.1 Å². The van der Waals surface area contributed by atoms with Crippen LogP contribution in [0.15, 0.2) is 48.7 Å². The number of aryl methyl sites for hydroxylation is 1. The molecule has 1 saturated heterocycles. The molecule has 2 unspecified atom stereocenters. The first-order chi connectivity index (χ1) is 17.1. The second-order valence-electron chi connectivity index (χ2n) is 8.73. The number of hydrogen-bond donors (Lipinski definition) is 2. The molecule has 0 saturated carbocycles. The molecule has 0 radical (unpaired) electrons. The van der Waals surface area contributed by atoms with Gasteiger partial charge in [0, 0.05) is 36.9 Å². The van der Waals surface area contributed by atoms with E-state index in [2.05, 4.69) is 39.5 Å². The summed E-state index contributed by atoms with van der Waals surface area (Å²) in [4.78, 5) is 6.63. The lowest BCUT2D eigenvalue weighted by Gasteiger charge is -2.29. The van der Waals surface area contributed by atoms with Crippen molar-refractivity contribution in [3.63, 3.8) is 0 Å². The van der Waals surface area contributed by atoms with Crippen LogP contribution in [0, 0.1) is 13.8 Å². The Balaban J connectivity index is 1.86. The number of rotatable bonds is 9. The molecular formula is C25H31N5O4S2. The molecule has 0 amide bonds. The fraction of sp³-hybridized carbons (Fsp3) is 0.360. The van der Waals surface area contributed by atoms with Gasteiger partial charge in [0.1, 0.15) is 5.75 Å². The van der Waals surface area contributed by atoms with Crippen molar-refractivity contribution < 1.29 is 17.9 Å². The molecule has 9 nitrogen and oxygen atoms in total. The summed E-state index contributed by atoms with van der Waals surface area (Å²) in [5.41, 5.74) is 5.24. The van der Waals surface area contributed by atoms with Gasteiger partial charge in [0.05, 0.1) is 43.4 Å². The molecule has 1 aliphatic heterocycles. The van der Waals surface area contributed by atoms with Gasteiger partial charge in [-0.05, 0) is 68.0 Å². The summed E-state index contributed by atoms with van der Waals surface area (Å²) in [5.74, 6) is 0.415. The highest BCUT2D eigenvalue weighted by Crippen LogP contribution is 2.44. The molecule has 1 fully saturated rings. The summed E-state index contributed by atoms with van der Waals surface area (Å²) in [6.45, 7) is 5.51. The standard InChI is InChI=1S/C25H31N5O4S2/c1-16-14-19(17(2)29(16)12-13-33-3)24-23(20-8-6-7-11-26-20)27-25(35)30(24)18-9-10-22(34-4)21(15-18)28-36(5,31)32/h6-11,14-15,23-24,28H,12-13H2,1-5H3,(H,27,35). The predicted molar refractivity (Wildman–Crippen MR) is 145 cm³/mol. The molecule has 1 aromatic carbocycles. The molecule has 3 aromatic rings. The van der Waals surface area contributed by atoms with Crippen LogP contribution in [0.25, 0.3) is 0 Å². The third-order valence-corrected chi connectivity index (χ3v) is 7.21. The number of methoxy groups -OCH3 is 2. The van der Waals surface area contributed by atoms with Crippen LogP contribution in [0.5, 0.6) is 5.75 Å². The van der Waals surface area contributed by atoms with E-state index in [1.807, 2.05) is 29.2 Å². The number of nitrogens with one attached hydrogen (secondary N) is 2. The van der Waals surface area contributed by atoms with Gasteiger partial charge >= 0.3 is 0 Å². The van der Waals surface area contributed by atoms with E-state index in [1.165, 1.54) is 7.11 Å². The maximum atomic E-state index is 12.0. The summed E-state index contributed by atoms with van der Waals surface area (Å²) < 4.78 is 39.5. The summed E-state index contributed by atoms with van der Waals surface area (Å²) >= 11 is 5.83. The van der Waals surface area contributed by atoms with Crippen LogP contribution < -0.4 is 19.7 Å². The number of sulfonamides is 1. The molecular weight excluding hydrogens is 498 g/mol. The van der Waals surface area contributed by atoms with Crippen LogP contribution >= 0.6 is 12.2 Å². The number of aromatic nitrogens is 2. The Morgan fingerprint density at radius 3 is 2.58 bits per heavy atom. The van der Waals surface area contributed by atoms with Gasteiger partial charge in [-0.25, -0.2) is 8.42 Å². The summed E-state index contributed by atoms with van der Waals surface area (Å²) in [7, 11) is -0.330. The van der Waals surface area contributed by atoms with Crippen molar-refractivity contribution in [1.29, 1.82) is 0 Å².